The Morgan fingerprint density at radius 1 is 1.18 bits per heavy atom. The van der Waals surface area contributed by atoms with Crippen molar-refractivity contribution >= 4 is 36.7 Å². The highest BCUT2D eigenvalue weighted by molar-refractivity contribution is 7.80. The molecule has 4 rings (SSSR count). The number of aliphatic hydroxyl groups excluding tert-OH is 1. The average molecular weight is 558 g/mol. The van der Waals surface area contributed by atoms with Crippen LogP contribution in [0.3, 0.4) is 0 Å². The van der Waals surface area contributed by atoms with Gasteiger partial charge in [0.25, 0.3) is 0 Å². The number of terminal acetylenes is 1. The Hall–Kier alpha value is -3.25. The molecule has 1 saturated heterocycles. The second-order valence-corrected chi connectivity index (χ2v) is 9.34. The summed E-state index contributed by atoms with van der Waals surface area (Å²) < 4.78 is 6.67. The Morgan fingerprint density at radius 3 is 2.08 bits per heavy atom. The van der Waals surface area contributed by atoms with Gasteiger partial charge in [-0.2, -0.15) is 0 Å². The smallest absolute Gasteiger partial charge is 0.209 e. The van der Waals surface area contributed by atoms with Gasteiger partial charge < -0.3 is 29.8 Å². The third kappa shape index (κ3) is 16.3. The van der Waals surface area contributed by atoms with E-state index in [9.17, 15) is 4.79 Å². The minimum Gasteiger partial charge on any atom is -0.462 e. The fourth-order valence-electron chi connectivity index (χ4n) is 3.49. The van der Waals surface area contributed by atoms with Gasteiger partial charge in [-0.1, -0.05) is 68.3 Å². The molecular formula is C31H47N3O4S. The van der Waals surface area contributed by atoms with E-state index in [0.717, 1.165) is 43.8 Å². The molecule has 1 aromatic heterocycles. The van der Waals surface area contributed by atoms with E-state index < -0.39 is 0 Å². The summed E-state index contributed by atoms with van der Waals surface area (Å²) in [7, 11) is 3.74. The van der Waals surface area contributed by atoms with Gasteiger partial charge in [0.1, 0.15) is 12.9 Å². The number of aromatic nitrogens is 1. The third-order valence-electron chi connectivity index (χ3n) is 5.60. The van der Waals surface area contributed by atoms with Crippen LogP contribution in [0.1, 0.15) is 50.7 Å². The maximum absolute atomic E-state index is 10.2. The Balaban J connectivity index is 0. The lowest BCUT2D eigenvalue weighted by Gasteiger charge is -2.26. The van der Waals surface area contributed by atoms with E-state index in [1.807, 2.05) is 31.9 Å². The highest BCUT2D eigenvalue weighted by Crippen LogP contribution is 2.31. The summed E-state index contributed by atoms with van der Waals surface area (Å²) in [5.74, 6) is 0.548. The number of methoxy groups -OCH3 is 1. The van der Waals surface area contributed by atoms with Crippen LogP contribution in [-0.2, 0) is 21.4 Å². The van der Waals surface area contributed by atoms with Crippen molar-refractivity contribution in [3.05, 3.63) is 65.9 Å². The van der Waals surface area contributed by atoms with Crippen molar-refractivity contribution in [1.82, 2.24) is 9.47 Å². The van der Waals surface area contributed by atoms with E-state index in [4.69, 9.17) is 15.6 Å². The van der Waals surface area contributed by atoms with Crippen molar-refractivity contribution in [2.75, 3.05) is 26.8 Å². The zero-order valence-corrected chi connectivity index (χ0v) is 25.2. The molecule has 39 heavy (non-hydrogen) atoms. The standard InChI is InChI=1S/C12H15NS.C7H8.C6H12N2O.C3H8O.C2H2O.CH2O/c1-8(2)9-5-4-6-10-12(9)11(14)7-13(10)3;1-7-5-3-2-4-6-7;7-6-1-3-8(5-9)4-2-6;1-3-4-2;1-2-3;1-2/h4-8,14H,1-3H3;2-6H,1H3;5-6H,1-4,7H2;3H2,1-2H3;1,3H;1H2. The van der Waals surface area contributed by atoms with Gasteiger partial charge in [0, 0.05) is 61.9 Å². The number of fused-ring (bicyclic) bond motifs is 1. The normalized spacial score (nSPS) is 11.8. The fourth-order valence-corrected chi connectivity index (χ4v) is 3.91. The van der Waals surface area contributed by atoms with Gasteiger partial charge in [0.2, 0.25) is 6.41 Å². The van der Waals surface area contributed by atoms with Crippen LogP contribution >= 0.6 is 12.6 Å². The van der Waals surface area contributed by atoms with Crippen LogP contribution in [0.4, 0.5) is 0 Å². The molecule has 3 N–H and O–H groups in total. The van der Waals surface area contributed by atoms with Gasteiger partial charge >= 0.3 is 0 Å². The minimum absolute atomic E-state index is 0.321. The van der Waals surface area contributed by atoms with E-state index >= 15 is 0 Å². The maximum atomic E-state index is 10.2. The second-order valence-electron chi connectivity index (χ2n) is 8.86. The molecule has 3 aromatic rings. The molecule has 7 nitrogen and oxygen atoms in total. The molecular weight excluding hydrogens is 510 g/mol. The van der Waals surface area contributed by atoms with Crippen molar-refractivity contribution in [2.45, 2.75) is 57.4 Å². The first-order valence-electron chi connectivity index (χ1n) is 12.8. The molecule has 1 aliphatic heterocycles. The number of likely N-dealkylation sites (tertiary alicyclic amines) is 1. The number of nitrogens with two attached hydrogens (primary N) is 1. The molecule has 1 aliphatic rings. The highest BCUT2D eigenvalue weighted by atomic mass is 32.1. The van der Waals surface area contributed by atoms with Crippen LogP contribution < -0.4 is 5.73 Å². The number of piperidine rings is 1. The molecule has 0 bridgehead atoms. The van der Waals surface area contributed by atoms with Crippen LogP contribution in [0.15, 0.2) is 59.6 Å². The van der Waals surface area contributed by atoms with Gasteiger partial charge in [0.15, 0.2) is 0 Å². The summed E-state index contributed by atoms with van der Waals surface area (Å²) in [5, 5.41) is 8.40. The molecule has 8 heteroatoms. The zero-order valence-electron chi connectivity index (χ0n) is 24.3. The lowest BCUT2D eigenvalue weighted by atomic mass is 9.99. The topological polar surface area (TPSA) is 97.8 Å². The predicted molar refractivity (Wildman–Crippen MR) is 166 cm³/mol. The molecule has 0 radical (unpaired) electrons. The quantitative estimate of drug-likeness (QED) is 0.222. The van der Waals surface area contributed by atoms with Crippen LogP contribution in [0.2, 0.25) is 0 Å². The lowest BCUT2D eigenvalue weighted by molar-refractivity contribution is -0.119. The summed E-state index contributed by atoms with van der Waals surface area (Å²) in [6, 6.07) is 17.0. The predicted octanol–water partition coefficient (Wildman–Crippen LogP) is 5.57. The molecule has 0 unspecified atom stereocenters. The summed E-state index contributed by atoms with van der Waals surface area (Å²) in [6.07, 6.45) is 10.3. The lowest BCUT2D eigenvalue weighted by Crippen LogP contribution is -2.38. The van der Waals surface area contributed by atoms with Crippen molar-refractivity contribution in [3.63, 3.8) is 0 Å². The number of thiol groups is 1. The number of carbonyl (C=O) groups is 2. The second kappa shape index (κ2) is 23.8. The monoisotopic (exact) mass is 557 g/mol. The van der Waals surface area contributed by atoms with Crippen molar-refractivity contribution in [2.24, 2.45) is 12.8 Å². The SMILES string of the molecule is C#CO.C=O.CC(C)c1cccc2c1c(S)cn2C.CCOC.Cc1ccccc1.NC1CCN(C=O)CC1. The average Bonchev–Trinajstić information content (AvgIpc) is 3.25. The molecule has 0 atom stereocenters. The molecule has 216 valence electrons. The van der Waals surface area contributed by atoms with Crippen LogP contribution in [0.5, 0.6) is 0 Å². The number of aryl methyl sites for hydroxylation is 2. The first-order valence-corrected chi connectivity index (χ1v) is 13.2. The number of amides is 1. The van der Waals surface area contributed by atoms with Crippen molar-refractivity contribution in [1.29, 1.82) is 0 Å². The first-order chi connectivity index (χ1) is 18.7. The van der Waals surface area contributed by atoms with Crippen LogP contribution in [-0.4, -0.2) is 60.6 Å². The number of aliphatic hydroxyl groups is 1. The number of hydrogen-bond acceptors (Lipinski definition) is 6. The third-order valence-corrected chi connectivity index (χ3v) is 5.94. The Bertz CT molecular complexity index is 1050. The first kappa shape index (κ1) is 37.9. The number of ether oxygens (including phenoxy) is 1. The highest BCUT2D eigenvalue weighted by Gasteiger charge is 2.13. The summed E-state index contributed by atoms with van der Waals surface area (Å²) in [6.45, 7) is 13.0. The number of hydrogen-bond donors (Lipinski definition) is 3. The van der Waals surface area contributed by atoms with Crippen LogP contribution in [0, 0.1) is 19.5 Å². The number of carbonyl (C=O) groups excluding carboxylic acids is 2. The number of rotatable bonds is 3. The molecule has 2 aromatic carbocycles. The molecule has 1 amide bonds. The van der Waals surface area contributed by atoms with Crippen molar-refractivity contribution in [3.8, 4) is 12.5 Å². The number of benzene rings is 2. The van der Waals surface area contributed by atoms with E-state index in [1.165, 1.54) is 28.1 Å². The summed E-state index contributed by atoms with van der Waals surface area (Å²) >= 11 is 4.51. The molecule has 1 fully saturated rings. The largest absolute Gasteiger partial charge is 0.462 e. The van der Waals surface area contributed by atoms with Gasteiger partial charge in [-0.25, -0.2) is 0 Å². The number of nitrogens with zero attached hydrogens (tertiary/aromatic N) is 2. The van der Waals surface area contributed by atoms with Crippen LogP contribution in [0.25, 0.3) is 10.9 Å². The van der Waals surface area contributed by atoms with E-state index in [2.05, 4.69) is 92.7 Å². The molecule has 0 spiro atoms. The Labute approximate surface area is 240 Å². The summed E-state index contributed by atoms with van der Waals surface area (Å²) in [5.41, 5.74) is 9.58. The Kier molecular flexibility index (Phi) is 23.2. The van der Waals surface area contributed by atoms with E-state index in [1.54, 1.807) is 12.0 Å². The van der Waals surface area contributed by atoms with Gasteiger partial charge in [-0.3, -0.25) is 4.79 Å². The molecule has 0 aliphatic carbocycles. The van der Waals surface area contributed by atoms with Gasteiger partial charge in [-0.05, 0) is 44.2 Å². The molecule has 0 saturated carbocycles. The van der Waals surface area contributed by atoms with E-state index in [-0.39, 0.29) is 0 Å². The molecule has 2 heterocycles. The van der Waals surface area contributed by atoms with E-state index in [0.29, 0.717) is 12.0 Å². The summed E-state index contributed by atoms with van der Waals surface area (Å²) in [4.78, 5) is 21.0. The minimum atomic E-state index is 0.321. The maximum Gasteiger partial charge on any atom is 0.209 e. The van der Waals surface area contributed by atoms with Crippen molar-refractivity contribution < 1.29 is 19.4 Å². The van der Waals surface area contributed by atoms with Gasteiger partial charge in [0.05, 0.1) is 0 Å². The van der Waals surface area contributed by atoms with Gasteiger partial charge in [-0.15, -0.1) is 12.6 Å². The fraction of sp³-hybridized carbons (Fsp3) is 0.419. The zero-order chi connectivity index (χ0) is 30.2. The Morgan fingerprint density at radius 2 is 1.69 bits per heavy atom.